The fourth-order valence-electron chi connectivity index (χ4n) is 2.68. The molecule has 0 saturated carbocycles. The summed E-state index contributed by atoms with van der Waals surface area (Å²) in [7, 11) is 0. The van der Waals surface area contributed by atoms with Crippen molar-refractivity contribution in [1.29, 1.82) is 0 Å². The zero-order chi connectivity index (χ0) is 17.6. The van der Waals surface area contributed by atoms with Crippen molar-refractivity contribution in [2.75, 3.05) is 13.2 Å². The van der Waals surface area contributed by atoms with Crippen molar-refractivity contribution in [3.63, 3.8) is 0 Å². The van der Waals surface area contributed by atoms with E-state index < -0.39 is 12.6 Å². The summed E-state index contributed by atoms with van der Waals surface area (Å²) >= 11 is 0. The molecule has 0 spiro atoms. The van der Waals surface area contributed by atoms with Gasteiger partial charge in [0, 0.05) is 12.1 Å². The quantitative estimate of drug-likeness (QED) is 0.843. The van der Waals surface area contributed by atoms with Gasteiger partial charge >= 0.3 is 5.97 Å². The molecule has 0 aromatic heterocycles. The Balaban J connectivity index is 1.60. The minimum atomic E-state index is -1.06. The monoisotopic (exact) mass is 341 g/mol. The fourth-order valence-corrected chi connectivity index (χ4v) is 2.68. The maximum Gasteiger partial charge on any atom is 0.341 e. The highest BCUT2D eigenvalue weighted by molar-refractivity contribution is 5.94. The van der Waals surface area contributed by atoms with Crippen LogP contribution < -0.4 is 14.8 Å². The van der Waals surface area contributed by atoms with Gasteiger partial charge in [0.15, 0.2) is 6.61 Å². The Morgan fingerprint density at radius 2 is 2.08 bits per heavy atom. The molecule has 0 fully saturated rings. The molecule has 25 heavy (non-hydrogen) atoms. The lowest BCUT2D eigenvalue weighted by Crippen LogP contribution is -2.23. The largest absolute Gasteiger partial charge is 0.493 e. The molecule has 0 atom stereocenters. The first-order valence-corrected chi connectivity index (χ1v) is 8.09. The first-order chi connectivity index (χ1) is 12.1. The predicted octanol–water partition coefficient (Wildman–Crippen LogP) is 2.41. The molecule has 1 aliphatic rings. The predicted molar refractivity (Wildman–Crippen MR) is 91.0 cm³/mol. The molecule has 0 saturated heterocycles. The average molecular weight is 341 g/mol. The first-order valence-electron chi connectivity index (χ1n) is 8.09. The lowest BCUT2D eigenvalue weighted by Gasteiger charge is -2.18. The molecule has 3 rings (SSSR count). The van der Waals surface area contributed by atoms with E-state index in [1.54, 1.807) is 18.2 Å². The summed E-state index contributed by atoms with van der Waals surface area (Å²) < 4.78 is 10.7. The van der Waals surface area contributed by atoms with Crippen LogP contribution in [0.15, 0.2) is 42.5 Å². The lowest BCUT2D eigenvalue weighted by atomic mass is 10.0. The maximum absolute atomic E-state index is 12.3. The van der Waals surface area contributed by atoms with Crippen LogP contribution in [0, 0.1) is 0 Å². The molecule has 2 aromatic carbocycles. The Morgan fingerprint density at radius 3 is 2.92 bits per heavy atom. The Bertz CT molecular complexity index is 787. The normalized spacial score (nSPS) is 12.6. The Morgan fingerprint density at radius 1 is 1.20 bits per heavy atom. The van der Waals surface area contributed by atoms with Gasteiger partial charge in [0.1, 0.15) is 11.5 Å². The molecule has 6 nitrogen and oxygen atoms in total. The summed E-state index contributed by atoms with van der Waals surface area (Å²) in [6.45, 7) is 0.720. The molecular weight excluding hydrogens is 322 g/mol. The van der Waals surface area contributed by atoms with Crippen LogP contribution in [0.4, 0.5) is 0 Å². The second-order valence-electron chi connectivity index (χ2n) is 5.79. The van der Waals surface area contributed by atoms with Gasteiger partial charge in [0.2, 0.25) is 0 Å². The van der Waals surface area contributed by atoms with Crippen LogP contribution in [0.5, 0.6) is 11.5 Å². The van der Waals surface area contributed by atoms with E-state index in [4.69, 9.17) is 14.6 Å². The number of carboxylic acid groups (broad SMARTS) is 1. The molecule has 0 bridgehead atoms. The van der Waals surface area contributed by atoms with Crippen LogP contribution in [0.1, 0.15) is 27.9 Å². The standard InChI is InChI=1S/C19H19NO5/c21-18(22)12-25-16-5-1-3-15(10-16)19(23)20-11-13-6-7-17-14(9-13)4-2-8-24-17/h1,3,5-7,9-10H,2,4,8,11-12H2,(H,20,23)(H,21,22). The molecule has 0 radical (unpaired) electrons. The van der Waals surface area contributed by atoms with E-state index in [9.17, 15) is 9.59 Å². The van der Waals surface area contributed by atoms with E-state index in [-0.39, 0.29) is 5.91 Å². The first kappa shape index (κ1) is 16.8. The van der Waals surface area contributed by atoms with Gasteiger partial charge in [0.05, 0.1) is 6.61 Å². The van der Waals surface area contributed by atoms with Crippen molar-refractivity contribution in [3.8, 4) is 11.5 Å². The minimum Gasteiger partial charge on any atom is -0.493 e. The highest BCUT2D eigenvalue weighted by Gasteiger charge is 2.12. The van der Waals surface area contributed by atoms with Crippen molar-refractivity contribution < 1.29 is 24.2 Å². The highest BCUT2D eigenvalue weighted by Crippen LogP contribution is 2.25. The molecule has 0 unspecified atom stereocenters. The second-order valence-corrected chi connectivity index (χ2v) is 5.79. The van der Waals surface area contributed by atoms with Crippen molar-refractivity contribution in [2.24, 2.45) is 0 Å². The number of fused-ring (bicyclic) bond motifs is 1. The topological polar surface area (TPSA) is 84.9 Å². The van der Waals surface area contributed by atoms with E-state index in [2.05, 4.69) is 11.4 Å². The number of aliphatic carboxylic acids is 1. The van der Waals surface area contributed by atoms with Gasteiger partial charge in [-0.15, -0.1) is 0 Å². The zero-order valence-corrected chi connectivity index (χ0v) is 13.7. The summed E-state index contributed by atoms with van der Waals surface area (Å²) in [5.74, 6) is -0.0356. The lowest BCUT2D eigenvalue weighted by molar-refractivity contribution is -0.139. The maximum atomic E-state index is 12.3. The van der Waals surface area contributed by atoms with Gasteiger partial charge in [-0.05, 0) is 48.2 Å². The molecule has 1 heterocycles. The minimum absolute atomic E-state index is 0.241. The molecule has 2 aromatic rings. The van der Waals surface area contributed by atoms with Crippen LogP contribution in [0.2, 0.25) is 0 Å². The van der Waals surface area contributed by atoms with E-state index in [0.717, 1.165) is 30.8 Å². The third kappa shape index (κ3) is 4.50. The second kappa shape index (κ2) is 7.70. The third-order valence-electron chi connectivity index (χ3n) is 3.88. The van der Waals surface area contributed by atoms with Crippen molar-refractivity contribution in [2.45, 2.75) is 19.4 Å². The van der Waals surface area contributed by atoms with E-state index in [1.807, 2.05) is 12.1 Å². The molecular formula is C19H19NO5. The molecule has 6 heteroatoms. The SMILES string of the molecule is O=C(O)COc1cccc(C(=O)NCc2ccc3c(c2)CCCO3)c1. The molecule has 0 aliphatic carbocycles. The number of carbonyl (C=O) groups excluding carboxylic acids is 1. The third-order valence-corrected chi connectivity index (χ3v) is 3.88. The number of rotatable bonds is 6. The van der Waals surface area contributed by atoms with Crippen LogP contribution in [-0.2, 0) is 17.8 Å². The Kier molecular flexibility index (Phi) is 5.18. The van der Waals surface area contributed by atoms with E-state index in [1.165, 1.54) is 11.6 Å². The summed E-state index contributed by atoms with van der Waals surface area (Å²) in [4.78, 5) is 22.8. The average Bonchev–Trinajstić information content (AvgIpc) is 2.64. The summed E-state index contributed by atoms with van der Waals surface area (Å²) in [5, 5.41) is 11.5. The van der Waals surface area contributed by atoms with Gasteiger partial charge < -0.3 is 19.9 Å². The molecule has 2 N–H and O–H groups in total. The number of carbonyl (C=O) groups is 2. The number of hydrogen-bond acceptors (Lipinski definition) is 4. The summed E-state index contributed by atoms with van der Waals surface area (Å²) in [6, 6.07) is 12.4. The van der Waals surface area contributed by atoms with Gasteiger partial charge in [0.25, 0.3) is 5.91 Å². The van der Waals surface area contributed by atoms with Crippen molar-refractivity contribution >= 4 is 11.9 Å². The van der Waals surface area contributed by atoms with E-state index in [0.29, 0.717) is 17.9 Å². The van der Waals surface area contributed by atoms with Crippen molar-refractivity contribution in [3.05, 3.63) is 59.2 Å². The molecule has 1 aliphatic heterocycles. The van der Waals surface area contributed by atoms with E-state index >= 15 is 0 Å². The van der Waals surface area contributed by atoms with Crippen LogP contribution >= 0.6 is 0 Å². The Labute approximate surface area is 145 Å². The summed E-state index contributed by atoms with van der Waals surface area (Å²) in [5.41, 5.74) is 2.60. The number of nitrogens with one attached hydrogen (secondary N) is 1. The Hall–Kier alpha value is -3.02. The van der Waals surface area contributed by atoms with Gasteiger partial charge in [-0.3, -0.25) is 4.79 Å². The number of aryl methyl sites for hydroxylation is 1. The van der Waals surface area contributed by atoms with Gasteiger partial charge in [-0.2, -0.15) is 0 Å². The summed E-state index contributed by atoms with van der Waals surface area (Å²) in [6.07, 6.45) is 1.99. The fraction of sp³-hybridized carbons (Fsp3) is 0.263. The zero-order valence-electron chi connectivity index (χ0n) is 13.7. The highest BCUT2D eigenvalue weighted by atomic mass is 16.5. The van der Waals surface area contributed by atoms with Crippen LogP contribution in [-0.4, -0.2) is 30.2 Å². The molecule has 1 amide bonds. The number of carboxylic acids is 1. The van der Waals surface area contributed by atoms with Crippen molar-refractivity contribution in [1.82, 2.24) is 5.32 Å². The van der Waals surface area contributed by atoms with Gasteiger partial charge in [-0.25, -0.2) is 4.79 Å². The number of amides is 1. The molecule has 130 valence electrons. The number of benzene rings is 2. The van der Waals surface area contributed by atoms with Crippen LogP contribution in [0.3, 0.4) is 0 Å². The van der Waals surface area contributed by atoms with Crippen LogP contribution in [0.25, 0.3) is 0 Å². The number of ether oxygens (including phenoxy) is 2. The number of hydrogen-bond donors (Lipinski definition) is 2. The smallest absolute Gasteiger partial charge is 0.341 e. The van der Waals surface area contributed by atoms with Gasteiger partial charge in [-0.1, -0.05) is 18.2 Å².